The second-order valence-electron chi connectivity index (χ2n) is 5.39. The molecule has 0 saturated carbocycles. The number of hydrogen-bond acceptors (Lipinski definition) is 4. The molecular formula is C15H17ClN4O3. The average Bonchev–Trinajstić information content (AvgIpc) is 2.94. The van der Waals surface area contributed by atoms with Gasteiger partial charge in [-0.1, -0.05) is 11.6 Å². The molecule has 8 heteroatoms. The smallest absolute Gasteiger partial charge is 0.266 e. The van der Waals surface area contributed by atoms with Gasteiger partial charge in [0.05, 0.1) is 18.2 Å². The number of pyridine rings is 1. The number of carbonyl (C=O) groups is 1. The fraction of sp³-hybridized carbons (Fsp3) is 0.400. The predicted octanol–water partition coefficient (Wildman–Crippen LogP) is 1.16. The Morgan fingerprint density at radius 3 is 3.13 bits per heavy atom. The first-order valence-corrected chi connectivity index (χ1v) is 7.78. The summed E-state index contributed by atoms with van der Waals surface area (Å²) in [6, 6.07) is 3.25. The van der Waals surface area contributed by atoms with Gasteiger partial charge < -0.3 is 14.6 Å². The Bertz CT molecular complexity index is 729. The quantitative estimate of drug-likeness (QED) is 0.912. The van der Waals surface area contributed by atoms with Gasteiger partial charge in [0.1, 0.15) is 5.02 Å². The second kappa shape index (κ2) is 6.97. The molecule has 1 N–H and O–H groups in total. The van der Waals surface area contributed by atoms with E-state index in [1.54, 1.807) is 15.8 Å². The average molecular weight is 337 g/mol. The van der Waals surface area contributed by atoms with E-state index in [1.807, 2.05) is 12.3 Å². The maximum atomic E-state index is 12.6. The highest BCUT2D eigenvalue weighted by Gasteiger charge is 2.24. The van der Waals surface area contributed by atoms with Gasteiger partial charge in [0.2, 0.25) is 0 Å². The number of carbonyl (C=O) groups excluding carboxylic acids is 1. The summed E-state index contributed by atoms with van der Waals surface area (Å²) in [5.74, 6) is -0.167. The van der Waals surface area contributed by atoms with Crippen LogP contribution in [0.15, 0.2) is 35.5 Å². The summed E-state index contributed by atoms with van der Waals surface area (Å²) in [7, 11) is 0. The zero-order valence-electron chi connectivity index (χ0n) is 12.4. The molecule has 1 aliphatic heterocycles. The van der Waals surface area contributed by atoms with Crippen LogP contribution in [0.25, 0.3) is 0 Å². The van der Waals surface area contributed by atoms with E-state index in [-0.39, 0.29) is 17.0 Å². The molecular weight excluding hydrogens is 320 g/mol. The minimum atomic E-state index is -0.404. The lowest BCUT2D eigenvalue weighted by Crippen LogP contribution is -2.38. The van der Waals surface area contributed by atoms with Gasteiger partial charge in [0.15, 0.2) is 0 Å². The molecule has 0 aliphatic carbocycles. The first-order chi connectivity index (χ1) is 11.1. The number of ether oxygens (including phenoxy) is 1. The Hall–Kier alpha value is -2.12. The summed E-state index contributed by atoms with van der Waals surface area (Å²) in [5.41, 5.74) is -0.0340. The highest BCUT2D eigenvalue weighted by atomic mass is 35.5. The van der Waals surface area contributed by atoms with Crippen LogP contribution in [0.3, 0.4) is 0 Å². The van der Waals surface area contributed by atoms with Crippen LogP contribution in [-0.4, -0.2) is 51.4 Å². The number of aromatic amines is 1. The van der Waals surface area contributed by atoms with Crippen molar-refractivity contribution < 1.29 is 9.53 Å². The molecule has 1 saturated heterocycles. The van der Waals surface area contributed by atoms with Crippen molar-refractivity contribution in [3.05, 3.63) is 51.7 Å². The Balaban J connectivity index is 1.73. The number of hydrogen-bond donors (Lipinski definition) is 1. The SMILES string of the molecule is O=C(c1c[nH]c(=O)c(Cl)c1)N1CCCO[C@@H](Cn2cccn2)C1. The minimum Gasteiger partial charge on any atom is -0.374 e. The summed E-state index contributed by atoms with van der Waals surface area (Å²) in [6.07, 6.45) is 5.60. The van der Waals surface area contributed by atoms with Gasteiger partial charge in [-0.3, -0.25) is 14.3 Å². The van der Waals surface area contributed by atoms with E-state index >= 15 is 0 Å². The molecule has 0 unspecified atom stereocenters. The van der Waals surface area contributed by atoms with Crippen LogP contribution < -0.4 is 5.56 Å². The minimum absolute atomic E-state index is 0.00927. The van der Waals surface area contributed by atoms with E-state index < -0.39 is 5.56 Å². The first-order valence-electron chi connectivity index (χ1n) is 7.40. The number of aromatic nitrogens is 3. The molecule has 1 atom stereocenters. The highest BCUT2D eigenvalue weighted by Crippen LogP contribution is 2.13. The van der Waals surface area contributed by atoms with Crippen LogP contribution in [0.1, 0.15) is 16.8 Å². The van der Waals surface area contributed by atoms with Gasteiger partial charge in [0.25, 0.3) is 11.5 Å². The molecule has 0 spiro atoms. The highest BCUT2D eigenvalue weighted by molar-refractivity contribution is 6.30. The maximum absolute atomic E-state index is 12.6. The standard InChI is InChI=1S/C15H17ClN4O3/c16-13-7-11(8-17-14(13)21)15(22)19-4-2-6-23-12(9-19)10-20-5-1-3-18-20/h1,3,5,7-8,12H,2,4,6,9-10H2,(H,17,21)/t12-/m1/s1. The normalized spacial score (nSPS) is 18.7. The molecule has 1 amide bonds. The van der Waals surface area contributed by atoms with E-state index in [1.165, 1.54) is 12.3 Å². The lowest BCUT2D eigenvalue weighted by Gasteiger charge is -2.24. The van der Waals surface area contributed by atoms with Crippen molar-refractivity contribution in [1.82, 2.24) is 19.7 Å². The molecule has 2 aromatic rings. The topological polar surface area (TPSA) is 80.2 Å². The summed E-state index contributed by atoms with van der Waals surface area (Å²) < 4.78 is 7.58. The molecule has 2 aromatic heterocycles. The van der Waals surface area contributed by atoms with E-state index in [4.69, 9.17) is 16.3 Å². The van der Waals surface area contributed by atoms with Crippen molar-refractivity contribution >= 4 is 17.5 Å². The molecule has 1 fully saturated rings. The van der Waals surface area contributed by atoms with Gasteiger partial charge in [-0.25, -0.2) is 0 Å². The summed E-state index contributed by atoms with van der Waals surface area (Å²) in [5, 5.41) is 4.18. The summed E-state index contributed by atoms with van der Waals surface area (Å²) in [4.78, 5) is 28.1. The Morgan fingerprint density at radius 1 is 1.52 bits per heavy atom. The lowest BCUT2D eigenvalue weighted by atomic mass is 10.2. The van der Waals surface area contributed by atoms with Crippen molar-refractivity contribution in [3.8, 4) is 0 Å². The second-order valence-corrected chi connectivity index (χ2v) is 5.80. The number of nitrogens with one attached hydrogen (secondary N) is 1. The van der Waals surface area contributed by atoms with Gasteiger partial charge in [-0.2, -0.15) is 5.10 Å². The van der Waals surface area contributed by atoms with Crippen molar-refractivity contribution in [3.63, 3.8) is 0 Å². The van der Waals surface area contributed by atoms with Gasteiger partial charge in [-0.15, -0.1) is 0 Å². The van der Waals surface area contributed by atoms with Crippen molar-refractivity contribution in [2.24, 2.45) is 0 Å². The van der Waals surface area contributed by atoms with Crippen LogP contribution in [0.4, 0.5) is 0 Å². The van der Waals surface area contributed by atoms with E-state index in [9.17, 15) is 9.59 Å². The van der Waals surface area contributed by atoms with Crippen molar-refractivity contribution in [2.75, 3.05) is 19.7 Å². The third-order valence-electron chi connectivity index (χ3n) is 3.69. The van der Waals surface area contributed by atoms with Gasteiger partial charge >= 0.3 is 0 Å². The Kier molecular flexibility index (Phi) is 4.78. The molecule has 23 heavy (non-hydrogen) atoms. The van der Waals surface area contributed by atoms with Crippen LogP contribution >= 0.6 is 11.6 Å². The third kappa shape index (κ3) is 3.80. The third-order valence-corrected chi connectivity index (χ3v) is 3.97. The fourth-order valence-corrected chi connectivity index (χ4v) is 2.74. The maximum Gasteiger partial charge on any atom is 0.266 e. The molecule has 3 heterocycles. The van der Waals surface area contributed by atoms with Crippen molar-refractivity contribution in [1.29, 1.82) is 0 Å². The predicted molar refractivity (Wildman–Crippen MR) is 84.6 cm³/mol. The van der Waals surface area contributed by atoms with Gasteiger partial charge in [0, 0.05) is 38.3 Å². The summed E-state index contributed by atoms with van der Waals surface area (Å²) >= 11 is 5.80. The van der Waals surface area contributed by atoms with Crippen LogP contribution in [-0.2, 0) is 11.3 Å². The zero-order chi connectivity index (χ0) is 16.2. The number of halogens is 1. The molecule has 0 bridgehead atoms. The Morgan fingerprint density at radius 2 is 2.39 bits per heavy atom. The molecule has 122 valence electrons. The first kappa shape index (κ1) is 15.8. The molecule has 0 radical (unpaired) electrons. The van der Waals surface area contributed by atoms with Crippen LogP contribution in [0.5, 0.6) is 0 Å². The fourth-order valence-electron chi connectivity index (χ4n) is 2.57. The van der Waals surface area contributed by atoms with E-state index in [0.29, 0.717) is 31.8 Å². The van der Waals surface area contributed by atoms with Crippen LogP contribution in [0, 0.1) is 0 Å². The molecule has 1 aliphatic rings. The number of rotatable bonds is 3. The molecule has 3 rings (SSSR count). The van der Waals surface area contributed by atoms with E-state index in [0.717, 1.165) is 6.42 Å². The van der Waals surface area contributed by atoms with Gasteiger partial charge in [-0.05, 0) is 18.6 Å². The number of nitrogens with zero attached hydrogens (tertiary/aromatic N) is 3. The van der Waals surface area contributed by atoms with Crippen molar-refractivity contribution in [2.45, 2.75) is 19.1 Å². The number of amides is 1. The Labute approximate surface area is 137 Å². The largest absolute Gasteiger partial charge is 0.374 e. The lowest BCUT2D eigenvalue weighted by molar-refractivity contribution is 0.0367. The molecule has 0 aromatic carbocycles. The summed E-state index contributed by atoms with van der Waals surface area (Å²) in [6.45, 7) is 2.26. The molecule has 7 nitrogen and oxygen atoms in total. The zero-order valence-corrected chi connectivity index (χ0v) is 13.2. The monoisotopic (exact) mass is 336 g/mol. The number of H-pyrrole nitrogens is 1. The van der Waals surface area contributed by atoms with Crippen LogP contribution in [0.2, 0.25) is 5.02 Å². The van der Waals surface area contributed by atoms with E-state index in [2.05, 4.69) is 10.1 Å².